The van der Waals surface area contributed by atoms with Crippen LogP contribution in [0, 0.1) is 0 Å². The van der Waals surface area contributed by atoms with E-state index in [0.29, 0.717) is 25.4 Å². The maximum atomic E-state index is 12.5. The summed E-state index contributed by atoms with van der Waals surface area (Å²) in [6.45, 7) is 0.918. The molecular weight excluding hydrogens is 380 g/mol. The Morgan fingerprint density at radius 2 is 1.77 bits per heavy atom. The number of fused-ring (bicyclic) bond motifs is 1. The molecule has 0 aliphatic rings. The van der Waals surface area contributed by atoms with Crippen LogP contribution in [0.2, 0.25) is 0 Å². The van der Waals surface area contributed by atoms with E-state index in [0.717, 1.165) is 16.5 Å². The summed E-state index contributed by atoms with van der Waals surface area (Å²) in [5.74, 6) is -0.869. The molecule has 6 heteroatoms. The molecule has 0 aliphatic heterocycles. The zero-order valence-corrected chi connectivity index (χ0v) is 16.9. The number of rotatable bonds is 9. The Labute approximate surface area is 175 Å². The Morgan fingerprint density at radius 1 is 1.00 bits per heavy atom. The lowest BCUT2D eigenvalue weighted by Crippen LogP contribution is -2.36. The minimum atomic E-state index is -0.593. The molecule has 154 valence electrons. The van der Waals surface area contributed by atoms with Gasteiger partial charge in [0.2, 0.25) is 0 Å². The lowest BCUT2D eigenvalue weighted by Gasteiger charge is -2.22. The predicted molar refractivity (Wildman–Crippen MR) is 115 cm³/mol. The molecule has 0 spiro atoms. The Kier molecular flexibility index (Phi) is 7.69. The molecule has 1 aromatic heterocycles. The van der Waals surface area contributed by atoms with Crippen molar-refractivity contribution in [1.82, 2.24) is 9.88 Å². The van der Waals surface area contributed by atoms with E-state index < -0.39 is 5.97 Å². The summed E-state index contributed by atoms with van der Waals surface area (Å²) in [5.41, 5.74) is 2.48. The first-order chi connectivity index (χ1) is 14.7. The van der Waals surface area contributed by atoms with E-state index in [2.05, 4.69) is 4.98 Å². The van der Waals surface area contributed by atoms with Crippen LogP contribution in [0.15, 0.2) is 72.8 Å². The van der Waals surface area contributed by atoms with Gasteiger partial charge in [0.05, 0.1) is 17.8 Å². The number of hydrogen-bond acceptors (Lipinski definition) is 5. The average Bonchev–Trinajstić information content (AvgIpc) is 2.79. The molecule has 0 atom stereocenters. The Balaban J connectivity index is 1.55. The first kappa shape index (κ1) is 21.2. The van der Waals surface area contributed by atoms with Crippen LogP contribution in [0.4, 0.5) is 0 Å². The molecule has 1 heterocycles. The average molecular weight is 404 g/mol. The predicted octanol–water partition coefficient (Wildman–Crippen LogP) is 3.47. The molecule has 0 radical (unpaired) electrons. The second-order valence-corrected chi connectivity index (χ2v) is 6.66. The fourth-order valence-corrected chi connectivity index (χ4v) is 2.90. The van der Waals surface area contributed by atoms with Crippen molar-refractivity contribution in [3.05, 3.63) is 84.1 Å². The van der Waals surface area contributed by atoms with Gasteiger partial charge in [0.1, 0.15) is 0 Å². The molecule has 0 aliphatic carbocycles. The summed E-state index contributed by atoms with van der Waals surface area (Å²) in [4.78, 5) is 30.7. The van der Waals surface area contributed by atoms with Crippen LogP contribution >= 0.6 is 0 Å². The van der Waals surface area contributed by atoms with Crippen LogP contribution < -0.4 is 0 Å². The highest BCUT2D eigenvalue weighted by Gasteiger charge is 2.15. The molecule has 3 aromatic rings. The zero-order chi connectivity index (χ0) is 21.2. The van der Waals surface area contributed by atoms with E-state index in [1.807, 2.05) is 66.7 Å². The largest absolute Gasteiger partial charge is 0.452 e. The molecular formula is C24H24N2O4. The molecule has 0 bridgehead atoms. The van der Waals surface area contributed by atoms with Crippen molar-refractivity contribution in [1.29, 1.82) is 0 Å². The van der Waals surface area contributed by atoms with Gasteiger partial charge in [-0.1, -0.05) is 54.6 Å². The monoisotopic (exact) mass is 404 g/mol. The summed E-state index contributed by atoms with van der Waals surface area (Å²) < 4.78 is 10.2. The van der Waals surface area contributed by atoms with Crippen molar-refractivity contribution >= 4 is 28.9 Å². The third kappa shape index (κ3) is 6.25. The van der Waals surface area contributed by atoms with Crippen LogP contribution in [-0.2, 0) is 25.6 Å². The third-order valence-corrected chi connectivity index (χ3v) is 4.48. The number of esters is 1. The number of para-hydroxylation sites is 1. The van der Waals surface area contributed by atoms with Crippen LogP contribution in [0.25, 0.3) is 17.0 Å². The topological polar surface area (TPSA) is 68.7 Å². The lowest BCUT2D eigenvalue weighted by molar-refractivity contribution is -0.148. The molecule has 3 rings (SSSR count). The number of nitrogens with zero attached hydrogens (tertiary/aromatic N) is 2. The summed E-state index contributed by atoms with van der Waals surface area (Å²) in [6.07, 6.45) is 2.85. The van der Waals surface area contributed by atoms with Crippen molar-refractivity contribution in [3.8, 4) is 0 Å². The van der Waals surface area contributed by atoms with E-state index >= 15 is 0 Å². The van der Waals surface area contributed by atoms with Crippen molar-refractivity contribution in [2.24, 2.45) is 0 Å². The Hall–Kier alpha value is -3.51. The summed E-state index contributed by atoms with van der Waals surface area (Å²) >= 11 is 0. The molecule has 0 fully saturated rings. The standard InChI is InChI=1S/C24H24N2O4/c1-29-16-15-26(17-19-7-3-2-4-8-19)23(27)18-30-24(28)14-13-21-12-11-20-9-5-6-10-22(20)25-21/h2-14H,15-18H2,1H3/b14-13+. The number of ether oxygens (including phenoxy) is 2. The van der Waals surface area contributed by atoms with E-state index in [9.17, 15) is 9.59 Å². The molecule has 0 saturated heterocycles. The molecule has 6 nitrogen and oxygen atoms in total. The van der Waals surface area contributed by atoms with Gasteiger partial charge >= 0.3 is 5.97 Å². The lowest BCUT2D eigenvalue weighted by atomic mass is 10.2. The second-order valence-electron chi connectivity index (χ2n) is 6.66. The summed E-state index contributed by atoms with van der Waals surface area (Å²) in [5, 5.41) is 1.03. The van der Waals surface area contributed by atoms with Gasteiger partial charge in [0.15, 0.2) is 6.61 Å². The minimum Gasteiger partial charge on any atom is -0.452 e. The third-order valence-electron chi connectivity index (χ3n) is 4.48. The fraction of sp³-hybridized carbons (Fsp3) is 0.208. The van der Waals surface area contributed by atoms with Gasteiger partial charge < -0.3 is 14.4 Å². The molecule has 0 unspecified atom stereocenters. The molecule has 30 heavy (non-hydrogen) atoms. The first-order valence-corrected chi connectivity index (χ1v) is 9.67. The van der Waals surface area contributed by atoms with Crippen LogP contribution in [0.5, 0.6) is 0 Å². The van der Waals surface area contributed by atoms with Gasteiger partial charge in [0, 0.05) is 31.7 Å². The number of aromatic nitrogens is 1. The normalized spacial score (nSPS) is 11.0. The quantitative estimate of drug-likeness (QED) is 0.404. The van der Waals surface area contributed by atoms with Gasteiger partial charge in [-0.25, -0.2) is 9.78 Å². The Morgan fingerprint density at radius 3 is 2.57 bits per heavy atom. The van der Waals surface area contributed by atoms with E-state index in [-0.39, 0.29) is 12.5 Å². The Bertz CT molecular complexity index is 1020. The highest BCUT2D eigenvalue weighted by Crippen LogP contribution is 2.12. The SMILES string of the molecule is COCCN(Cc1ccccc1)C(=O)COC(=O)/C=C/c1ccc2ccccc2n1. The highest BCUT2D eigenvalue weighted by molar-refractivity contribution is 5.89. The second kappa shape index (κ2) is 10.9. The van der Waals surface area contributed by atoms with Gasteiger partial charge in [-0.15, -0.1) is 0 Å². The van der Waals surface area contributed by atoms with Crippen LogP contribution in [0.1, 0.15) is 11.3 Å². The number of pyridine rings is 1. The van der Waals surface area contributed by atoms with Gasteiger partial charge in [-0.3, -0.25) is 4.79 Å². The number of carbonyl (C=O) groups is 2. The minimum absolute atomic E-state index is 0.276. The van der Waals surface area contributed by atoms with E-state index in [1.54, 1.807) is 18.1 Å². The fourth-order valence-electron chi connectivity index (χ4n) is 2.90. The number of benzene rings is 2. The number of hydrogen-bond donors (Lipinski definition) is 0. The molecule has 0 N–H and O–H groups in total. The number of methoxy groups -OCH3 is 1. The molecule has 0 saturated carbocycles. The van der Waals surface area contributed by atoms with Gasteiger partial charge in [-0.05, 0) is 23.8 Å². The van der Waals surface area contributed by atoms with E-state index in [1.165, 1.54) is 6.08 Å². The smallest absolute Gasteiger partial charge is 0.331 e. The van der Waals surface area contributed by atoms with Crippen molar-refractivity contribution in [2.45, 2.75) is 6.54 Å². The van der Waals surface area contributed by atoms with Crippen molar-refractivity contribution in [3.63, 3.8) is 0 Å². The molecule has 2 aromatic carbocycles. The first-order valence-electron chi connectivity index (χ1n) is 9.67. The van der Waals surface area contributed by atoms with Gasteiger partial charge in [-0.2, -0.15) is 0 Å². The zero-order valence-electron chi connectivity index (χ0n) is 16.9. The van der Waals surface area contributed by atoms with Gasteiger partial charge in [0.25, 0.3) is 5.91 Å². The summed E-state index contributed by atoms with van der Waals surface area (Å²) in [6, 6.07) is 21.1. The van der Waals surface area contributed by atoms with Crippen LogP contribution in [0.3, 0.4) is 0 Å². The van der Waals surface area contributed by atoms with Crippen molar-refractivity contribution in [2.75, 3.05) is 26.9 Å². The maximum Gasteiger partial charge on any atom is 0.331 e. The molecule has 1 amide bonds. The highest BCUT2D eigenvalue weighted by atomic mass is 16.5. The number of carbonyl (C=O) groups excluding carboxylic acids is 2. The van der Waals surface area contributed by atoms with Crippen LogP contribution in [-0.4, -0.2) is 48.6 Å². The maximum absolute atomic E-state index is 12.5. The number of amides is 1. The van der Waals surface area contributed by atoms with Crippen molar-refractivity contribution < 1.29 is 19.1 Å². The van der Waals surface area contributed by atoms with E-state index in [4.69, 9.17) is 9.47 Å². The summed E-state index contributed by atoms with van der Waals surface area (Å²) in [7, 11) is 1.58.